The quantitative estimate of drug-likeness (QED) is 0.0561. The minimum Gasteiger partial charge on any atom is -0.504 e. The molecule has 0 bridgehead atoms. The van der Waals surface area contributed by atoms with Gasteiger partial charge in [0.15, 0.2) is 23.7 Å². The molecular weight excluding hydrogens is 576 g/mol. The Morgan fingerprint density at radius 1 is 0.952 bits per heavy atom. The molecule has 0 spiro atoms. The second kappa shape index (κ2) is 16.5. The van der Waals surface area contributed by atoms with Gasteiger partial charge in [-0.25, -0.2) is 10.2 Å². The second-order valence-corrected chi connectivity index (χ2v) is 10.7. The van der Waals surface area contributed by atoms with E-state index in [4.69, 9.17) is 41.1 Å². The number of hydrogen-bond donors (Lipinski definition) is 4. The van der Waals surface area contributed by atoms with Crippen molar-refractivity contribution in [3.05, 3.63) is 23.8 Å². The monoisotopic (exact) mass is 616 g/mol. The Balaban J connectivity index is 2.35. The number of phenols is 2. The molecule has 1 fully saturated rings. The summed E-state index contributed by atoms with van der Waals surface area (Å²) in [6.45, 7) is 6.42. The minimum atomic E-state index is -1.62. The van der Waals surface area contributed by atoms with E-state index in [1.165, 1.54) is 25.1 Å². The summed E-state index contributed by atoms with van der Waals surface area (Å²) in [6.07, 6.45) is -4.03. The Bertz CT molecular complexity index is 1090. The van der Waals surface area contributed by atoms with E-state index in [1.54, 1.807) is 20.8 Å². The summed E-state index contributed by atoms with van der Waals surface area (Å²) in [6, 6.07) is 3.97. The number of aromatic hydroxyl groups is 2. The number of ether oxygens (including phenoxy) is 5. The molecule has 1 aliphatic rings. The number of esters is 4. The summed E-state index contributed by atoms with van der Waals surface area (Å²) in [5.74, 6) is 2.19. The molecule has 2 rings (SSSR count). The zero-order chi connectivity index (χ0) is 31.4. The van der Waals surface area contributed by atoms with E-state index in [1.807, 2.05) is 0 Å². The van der Waals surface area contributed by atoms with E-state index >= 15 is 0 Å². The molecule has 0 aromatic heterocycles. The average molecular weight is 617 g/mol. The number of alkyl halides is 1. The molecule has 2 unspecified atom stereocenters. The van der Waals surface area contributed by atoms with E-state index in [2.05, 4.69) is 5.43 Å². The molecule has 5 N–H and O–H groups in total. The summed E-state index contributed by atoms with van der Waals surface area (Å²) in [5.41, 5.74) is 1.16. The van der Waals surface area contributed by atoms with Gasteiger partial charge in [-0.1, -0.05) is 26.8 Å². The Kier molecular flexibility index (Phi) is 13.8. The number of nitrogens with two attached hydrogens (primary N) is 1. The molecule has 6 atom stereocenters. The van der Waals surface area contributed by atoms with Crippen molar-refractivity contribution in [2.45, 2.75) is 108 Å². The topological polar surface area (TPSA) is 193 Å². The number of rotatable bonds is 15. The third kappa shape index (κ3) is 9.72. The van der Waals surface area contributed by atoms with Crippen molar-refractivity contribution in [1.82, 2.24) is 5.43 Å². The van der Waals surface area contributed by atoms with Gasteiger partial charge in [0.25, 0.3) is 0 Å². The van der Waals surface area contributed by atoms with E-state index < -0.39 is 65.1 Å². The van der Waals surface area contributed by atoms with Crippen LogP contribution in [0.4, 0.5) is 0 Å². The van der Waals surface area contributed by atoms with E-state index in [9.17, 15) is 29.4 Å². The first kappa shape index (κ1) is 35.1. The normalized spacial score (nSPS) is 22.3. The first-order valence-electron chi connectivity index (χ1n) is 13.9. The molecule has 1 aromatic rings. The van der Waals surface area contributed by atoms with Crippen LogP contribution in [0, 0.1) is 0 Å². The van der Waals surface area contributed by atoms with Gasteiger partial charge < -0.3 is 33.9 Å². The zero-order valence-corrected chi connectivity index (χ0v) is 25.1. The molecule has 1 heterocycles. The Labute approximate surface area is 249 Å². The number of hydrazine groups is 1. The highest BCUT2D eigenvalue weighted by Gasteiger charge is 2.50. The van der Waals surface area contributed by atoms with Crippen molar-refractivity contribution in [3.8, 4) is 11.5 Å². The number of benzene rings is 1. The molecule has 13 nitrogen and oxygen atoms in total. The van der Waals surface area contributed by atoms with Crippen LogP contribution in [0.3, 0.4) is 0 Å². The lowest BCUT2D eigenvalue weighted by Crippen LogP contribution is -2.61. The molecule has 1 aromatic carbocycles. The second-order valence-electron chi connectivity index (χ2n) is 10.2. The number of nitrogens with one attached hydrogen (secondary N) is 1. The standard InChI is InChI=1S/C28H41ClN2O11/c1-5-8-21(34)39-20-15-38-26(25(41-23(36)10-7-3)24(20)40-22(35)9-6-2)42-27(37)28(4,31-30)14-17(29)16-11-12-18(32)19(33)13-16/h11-13,17,20,24-26,31-33H,5-10,14-15,30H2,1-4H3/t17?,20-,24+,25-,26?,28+/m1/s1. The highest BCUT2D eigenvalue weighted by Crippen LogP contribution is 2.36. The largest absolute Gasteiger partial charge is 0.504 e. The molecule has 1 saturated heterocycles. The average Bonchev–Trinajstić information content (AvgIpc) is 2.93. The van der Waals surface area contributed by atoms with Crippen LogP contribution in [0.15, 0.2) is 18.2 Å². The smallest absolute Gasteiger partial charge is 0.329 e. The number of carbonyl (C=O) groups excluding carboxylic acids is 4. The van der Waals surface area contributed by atoms with Gasteiger partial charge in [-0.15, -0.1) is 11.6 Å². The van der Waals surface area contributed by atoms with E-state index in [0.29, 0.717) is 24.8 Å². The number of carbonyl (C=O) groups is 4. The van der Waals surface area contributed by atoms with Crippen LogP contribution in [0.25, 0.3) is 0 Å². The molecule has 42 heavy (non-hydrogen) atoms. The SMILES string of the molecule is CCCC(=O)O[C@H]1[C@H](OC(=O)CCC)COC(OC(=O)[C@](C)(CC(Cl)c2ccc(O)c(O)c2)NN)[C@@H]1OC(=O)CCC. The Morgan fingerprint density at radius 3 is 2.02 bits per heavy atom. The van der Waals surface area contributed by atoms with Gasteiger partial charge >= 0.3 is 23.9 Å². The molecule has 14 heteroatoms. The predicted molar refractivity (Wildman–Crippen MR) is 149 cm³/mol. The van der Waals surface area contributed by atoms with E-state index in [0.717, 1.165) is 0 Å². The van der Waals surface area contributed by atoms with Crippen molar-refractivity contribution < 1.29 is 53.1 Å². The fourth-order valence-electron chi connectivity index (χ4n) is 4.12. The summed E-state index contributed by atoms with van der Waals surface area (Å²) in [7, 11) is 0. The third-order valence-corrected chi connectivity index (χ3v) is 6.91. The highest BCUT2D eigenvalue weighted by atomic mass is 35.5. The van der Waals surface area contributed by atoms with Crippen LogP contribution in [0.2, 0.25) is 0 Å². The molecule has 236 valence electrons. The lowest BCUT2D eigenvalue weighted by Gasteiger charge is -2.41. The maximum absolute atomic E-state index is 13.5. The van der Waals surface area contributed by atoms with Crippen molar-refractivity contribution in [2.75, 3.05) is 6.61 Å². The van der Waals surface area contributed by atoms with Gasteiger partial charge in [0.2, 0.25) is 12.4 Å². The maximum Gasteiger partial charge on any atom is 0.329 e. The molecule has 1 aliphatic heterocycles. The molecular formula is C28H41ClN2O11. The number of hydrogen-bond acceptors (Lipinski definition) is 13. The summed E-state index contributed by atoms with van der Waals surface area (Å²) >= 11 is 6.51. The minimum absolute atomic E-state index is 0.0164. The summed E-state index contributed by atoms with van der Waals surface area (Å²) < 4.78 is 28.0. The van der Waals surface area contributed by atoms with Crippen molar-refractivity contribution in [1.29, 1.82) is 0 Å². The predicted octanol–water partition coefficient (Wildman–Crippen LogP) is 3.03. The molecule has 0 amide bonds. The summed E-state index contributed by atoms with van der Waals surface area (Å²) in [4.78, 5) is 50.9. The first-order chi connectivity index (χ1) is 19.9. The lowest BCUT2D eigenvalue weighted by molar-refractivity contribution is -0.277. The Hall–Kier alpha value is -3.13. The van der Waals surface area contributed by atoms with Crippen molar-refractivity contribution in [2.24, 2.45) is 5.84 Å². The fourth-order valence-corrected chi connectivity index (χ4v) is 4.57. The van der Waals surface area contributed by atoms with Crippen LogP contribution < -0.4 is 11.3 Å². The Morgan fingerprint density at radius 2 is 1.50 bits per heavy atom. The molecule has 0 aliphatic carbocycles. The van der Waals surface area contributed by atoms with Crippen LogP contribution in [-0.2, 0) is 42.9 Å². The van der Waals surface area contributed by atoms with E-state index in [-0.39, 0.29) is 38.0 Å². The highest BCUT2D eigenvalue weighted by molar-refractivity contribution is 6.21. The van der Waals surface area contributed by atoms with Gasteiger partial charge in [0.05, 0.1) is 12.0 Å². The van der Waals surface area contributed by atoms with Gasteiger partial charge in [0.1, 0.15) is 5.54 Å². The molecule has 0 radical (unpaired) electrons. The first-order valence-corrected chi connectivity index (χ1v) is 14.4. The van der Waals surface area contributed by atoms with Gasteiger partial charge in [-0.3, -0.25) is 20.2 Å². The van der Waals surface area contributed by atoms with Crippen LogP contribution in [0.5, 0.6) is 11.5 Å². The van der Waals surface area contributed by atoms with Crippen LogP contribution in [0.1, 0.15) is 83.6 Å². The zero-order valence-electron chi connectivity index (χ0n) is 24.3. The lowest BCUT2D eigenvalue weighted by atomic mass is 9.93. The molecule has 0 saturated carbocycles. The van der Waals surface area contributed by atoms with Crippen molar-refractivity contribution >= 4 is 35.5 Å². The van der Waals surface area contributed by atoms with Gasteiger partial charge in [-0.2, -0.15) is 0 Å². The third-order valence-electron chi connectivity index (χ3n) is 6.50. The fraction of sp³-hybridized carbons (Fsp3) is 0.643. The van der Waals surface area contributed by atoms with Crippen LogP contribution in [-0.4, -0.2) is 70.8 Å². The maximum atomic E-state index is 13.5. The van der Waals surface area contributed by atoms with Crippen molar-refractivity contribution in [3.63, 3.8) is 0 Å². The number of halogens is 1. The summed E-state index contributed by atoms with van der Waals surface area (Å²) in [5, 5.41) is 18.5. The van der Waals surface area contributed by atoms with Crippen LogP contribution >= 0.6 is 11.6 Å². The van der Waals surface area contributed by atoms with Gasteiger partial charge in [-0.05, 0) is 50.3 Å². The number of phenolic OH excluding ortho intramolecular Hbond substituents is 2. The van der Waals surface area contributed by atoms with Gasteiger partial charge in [0, 0.05) is 19.3 Å².